The number of furan rings is 1. The van der Waals surface area contributed by atoms with Crippen LogP contribution in [0.1, 0.15) is 57.8 Å². The number of piperidine rings is 2. The summed E-state index contributed by atoms with van der Waals surface area (Å²) < 4.78 is 5.63. The number of nitrogens with zero attached hydrogens (tertiary/aromatic N) is 1. The zero-order valence-corrected chi connectivity index (χ0v) is 12.1. The zero-order chi connectivity index (χ0) is 13.2. The highest BCUT2D eigenvalue weighted by Gasteiger charge is 2.41. The van der Waals surface area contributed by atoms with Gasteiger partial charge in [0.1, 0.15) is 5.76 Å². The maximum absolute atomic E-state index is 5.63. The lowest BCUT2D eigenvalue weighted by molar-refractivity contribution is -0.0121. The van der Waals surface area contributed by atoms with E-state index in [0.717, 1.165) is 30.4 Å². The van der Waals surface area contributed by atoms with Gasteiger partial charge < -0.3 is 9.73 Å². The minimum Gasteiger partial charge on any atom is -0.468 e. The van der Waals surface area contributed by atoms with Gasteiger partial charge in [-0.2, -0.15) is 0 Å². The van der Waals surface area contributed by atoms with Crippen LogP contribution in [-0.2, 0) is 0 Å². The molecule has 2 saturated heterocycles. The summed E-state index contributed by atoms with van der Waals surface area (Å²) in [5.74, 6) is 1.12. The monoisotopic (exact) mass is 262 g/mol. The van der Waals surface area contributed by atoms with Crippen LogP contribution in [0.5, 0.6) is 0 Å². The van der Waals surface area contributed by atoms with E-state index in [9.17, 15) is 0 Å². The summed E-state index contributed by atoms with van der Waals surface area (Å²) in [6.45, 7) is 5.61. The van der Waals surface area contributed by atoms with Gasteiger partial charge in [0.05, 0.1) is 12.3 Å². The molecule has 3 atom stereocenters. The Balaban J connectivity index is 1.75. The Hall–Kier alpha value is -0.800. The van der Waals surface area contributed by atoms with Crippen molar-refractivity contribution >= 4 is 0 Å². The third kappa shape index (κ3) is 2.59. The number of hydrogen-bond acceptors (Lipinski definition) is 3. The van der Waals surface area contributed by atoms with E-state index in [0.29, 0.717) is 6.04 Å². The van der Waals surface area contributed by atoms with Crippen LogP contribution >= 0.6 is 0 Å². The number of rotatable bonds is 4. The first-order valence-corrected chi connectivity index (χ1v) is 7.83. The van der Waals surface area contributed by atoms with Gasteiger partial charge in [-0.3, -0.25) is 4.90 Å². The summed E-state index contributed by atoms with van der Waals surface area (Å²) >= 11 is 0. The first kappa shape index (κ1) is 13.2. The molecular weight excluding hydrogens is 236 g/mol. The van der Waals surface area contributed by atoms with Gasteiger partial charge in [-0.05, 0) is 51.3 Å². The predicted octanol–water partition coefficient (Wildman–Crippen LogP) is 3.34. The van der Waals surface area contributed by atoms with Crippen LogP contribution in [0, 0.1) is 0 Å². The molecule has 2 bridgehead atoms. The highest BCUT2D eigenvalue weighted by Crippen LogP contribution is 2.39. The lowest BCUT2D eigenvalue weighted by Crippen LogP contribution is -2.56. The average Bonchev–Trinajstić information content (AvgIpc) is 2.91. The maximum atomic E-state index is 5.63. The van der Waals surface area contributed by atoms with Crippen molar-refractivity contribution in [2.75, 3.05) is 6.54 Å². The second-order valence-corrected chi connectivity index (χ2v) is 6.10. The fourth-order valence-corrected chi connectivity index (χ4v) is 4.18. The normalized spacial score (nSPS) is 33.3. The van der Waals surface area contributed by atoms with Gasteiger partial charge in [-0.25, -0.2) is 0 Å². The van der Waals surface area contributed by atoms with E-state index in [1.54, 1.807) is 6.26 Å². The van der Waals surface area contributed by atoms with Gasteiger partial charge in [0.25, 0.3) is 0 Å². The van der Waals surface area contributed by atoms with Gasteiger partial charge in [-0.15, -0.1) is 0 Å². The van der Waals surface area contributed by atoms with Crippen LogP contribution in [0.15, 0.2) is 22.8 Å². The smallest absolute Gasteiger partial charge is 0.120 e. The minimum atomic E-state index is 0.424. The first-order valence-electron chi connectivity index (χ1n) is 7.83. The van der Waals surface area contributed by atoms with Gasteiger partial charge in [-0.1, -0.05) is 13.3 Å². The number of fused-ring (bicyclic) bond motifs is 2. The van der Waals surface area contributed by atoms with E-state index in [4.69, 9.17) is 4.42 Å². The van der Waals surface area contributed by atoms with E-state index < -0.39 is 0 Å². The van der Waals surface area contributed by atoms with Crippen molar-refractivity contribution in [3.8, 4) is 0 Å². The Bertz CT molecular complexity index is 375. The summed E-state index contributed by atoms with van der Waals surface area (Å²) in [7, 11) is 0. The molecule has 0 aromatic carbocycles. The molecule has 2 fully saturated rings. The van der Waals surface area contributed by atoms with Crippen LogP contribution in [0.3, 0.4) is 0 Å². The zero-order valence-electron chi connectivity index (χ0n) is 12.1. The summed E-state index contributed by atoms with van der Waals surface area (Å²) in [5, 5.41) is 3.66. The quantitative estimate of drug-likeness (QED) is 0.902. The van der Waals surface area contributed by atoms with Crippen molar-refractivity contribution in [1.82, 2.24) is 10.2 Å². The van der Waals surface area contributed by atoms with Crippen molar-refractivity contribution in [2.45, 2.75) is 70.1 Å². The molecule has 3 unspecified atom stereocenters. The summed E-state index contributed by atoms with van der Waals surface area (Å²) in [4.78, 5) is 2.73. The van der Waals surface area contributed by atoms with Gasteiger partial charge in [0, 0.05) is 18.1 Å². The Kier molecular flexibility index (Phi) is 3.94. The van der Waals surface area contributed by atoms with Crippen molar-refractivity contribution in [1.29, 1.82) is 0 Å². The molecular formula is C16H26N2O. The molecule has 3 heterocycles. The molecule has 2 aliphatic rings. The van der Waals surface area contributed by atoms with Crippen LogP contribution in [0.4, 0.5) is 0 Å². The summed E-state index contributed by atoms with van der Waals surface area (Å²) in [6.07, 6.45) is 8.50. The predicted molar refractivity (Wildman–Crippen MR) is 77.1 cm³/mol. The summed E-state index contributed by atoms with van der Waals surface area (Å²) in [5.41, 5.74) is 0. The molecule has 1 aromatic rings. The van der Waals surface area contributed by atoms with Gasteiger partial charge >= 0.3 is 0 Å². The van der Waals surface area contributed by atoms with E-state index in [1.807, 2.05) is 6.07 Å². The fourth-order valence-electron chi connectivity index (χ4n) is 4.18. The highest BCUT2D eigenvalue weighted by molar-refractivity contribution is 5.07. The van der Waals surface area contributed by atoms with Gasteiger partial charge in [0.15, 0.2) is 0 Å². The average molecular weight is 262 g/mol. The molecule has 0 aliphatic carbocycles. The van der Waals surface area contributed by atoms with Gasteiger partial charge in [0.2, 0.25) is 0 Å². The Morgan fingerprint density at radius 1 is 1.37 bits per heavy atom. The van der Waals surface area contributed by atoms with Crippen LogP contribution in [0.25, 0.3) is 0 Å². The van der Waals surface area contributed by atoms with Crippen molar-refractivity contribution in [3.63, 3.8) is 0 Å². The third-order valence-electron chi connectivity index (χ3n) is 4.93. The molecule has 1 N–H and O–H groups in total. The molecule has 0 saturated carbocycles. The second-order valence-electron chi connectivity index (χ2n) is 6.10. The summed E-state index contributed by atoms with van der Waals surface area (Å²) in [6, 6.07) is 6.74. The topological polar surface area (TPSA) is 28.4 Å². The SMILES string of the molecule is CCNC1CC2CCCC(C1)N2C(C)c1ccco1. The van der Waals surface area contributed by atoms with Crippen molar-refractivity contribution in [3.05, 3.63) is 24.2 Å². The fraction of sp³-hybridized carbons (Fsp3) is 0.750. The lowest BCUT2D eigenvalue weighted by Gasteiger charge is -2.51. The Labute approximate surface area is 116 Å². The molecule has 3 rings (SSSR count). The largest absolute Gasteiger partial charge is 0.468 e. The highest BCUT2D eigenvalue weighted by atomic mass is 16.3. The number of nitrogens with one attached hydrogen (secondary N) is 1. The lowest BCUT2D eigenvalue weighted by atomic mass is 9.80. The molecule has 0 spiro atoms. The number of hydrogen-bond donors (Lipinski definition) is 1. The van der Waals surface area contributed by atoms with E-state index in [1.165, 1.54) is 32.1 Å². The Morgan fingerprint density at radius 2 is 2.11 bits per heavy atom. The molecule has 0 radical (unpaired) electrons. The Morgan fingerprint density at radius 3 is 2.68 bits per heavy atom. The first-order chi connectivity index (χ1) is 9.29. The van der Waals surface area contributed by atoms with Crippen molar-refractivity contribution in [2.24, 2.45) is 0 Å². The van der Waals surface area contributed by atoms with E-state index in [2.05, 4.69) is 30.1 Å². The van der Waals surface area contributed by atoms with Crippen LogP contribution in [-0.4, -0.2) is 29.6 Å². The maximum Gasteiger partial charge on any atom is 0.120 e. The molecule has 1 aromatic heterocycles. The molecule has 2 aliphatic heterocycles. The third-order valence-corrected chi connectivity index (χ3v) is 4.93. The van der Waals surface area contributed by atoms with E-state index >= 15 is 0 Å². The molecule has 3 nitrogen and oxygen atoms in total. The standard InChI is InChI=1S/C16H26N2O/c1-3-17-13-10-14-6-4-7-15(11-13)18(14)12(2)16-8-5-9-19-16/h5,8-9,12-15,17H,3-4,6-7,10-11H2,1-2H3. The molecule has 3 heteroatoms. The molecule has 19 heavy (non-hydrogen) atoms. The molecule has 106 valence electrons. The minimum absolute atomic E-state index is 0.424. The second kappa shape index (κ2) is 5.68. The van der Waals surface area contributed by atoms with Crippen LogP contribution in [0.2, 0.25) is 0 Å². The van der Waals surface area contributed by atoms with Crippen LogP contribution < -0.4 is 5.32 Å². The molecule has 0 amide bonds. The van der Waals surface area contributed by atoms with Crippen molar-refractivity contribution < 1.29 is 4.42 Å². The van der Waals surface area contributed by atoms with E-state index in [-0.39, 0.29) is 0 Å².